The summed E-state index contributed by atoms with van der Waals surface area (Å²) in [6, 6.07) is 0. The molecule has 2 rings (SSSR count). The van der Waals surface area contributed by atoms with Crippen LogP contribution < -0.4 is 5.32 Å². The van der Waals surface area contributed by atoms with E-state index in [1.807, 2.05) is 6.92 Å². The molecule has 2 fully saturated rings. The van der Waals surface area contributed by atoms with E-state index in [2.05, 4.69) is 5.32 Å². The lowest BCUT2D eigenvalue weighted by atomic mass is 10.00. The highest BCUT2D eigenvalue weighted by Gasteiger charge is 2.49. The Bertz CT molecular complexity index is 230. The van der Waals surface area contributed by atoms with Crippen molar-refractivity contribution in [2.24, 2.45) is 11.8 Å². The number of carbonyl (C=O) groups is 2. The lowest BCUT2D eigenvalue weighted by Crippen LogP contribution is -2.35. The molecule has 2 aliphatic rings. The van der Waals surface area contributed by atoms with Gasteiger partial charge in [-0.2, -0.15) is 0 Å². The van der Waals surface area contributed by atoms with Crippen LogP contribution >= 0.6 is 0 Å². The predicted molar refractivity (Wildman–Crippen MR) is 46.9 cm³/mol. The summed E-state index contributed by atoms with van der Waals surface area (Å²) in [6.07, 6.45) is 0.852. The topological polar surface area (TPSA) is 49.4 Å². The number of carbonyl (C=O) groups excluding carboxylic acids is 2. The third kappa shape index (κ3) is 1.16. The summed E-state index contributed by atoms with van der Waals surface area (Å²) < 4.78 is 0. The van der Waals surface area contributed by atoms with Gasteiger partial charge in [0.1, 0.15) is 0 Å². The van der Waals surface area contributed by atoms with Gasteiger partial charge in [-0.15, -0.1) is 0 Å². The summed E-state index contributed by atoms with van der Waals surface area (Å²) in [4.78, 5) is 24.7. The van der Waals surface area contributed by atoms with Crippen LogP contribution in [-0.2, 0) is 9.59 Å². The largest absolute Gasteiger partial charge is 0.315 e. The first kappa shape index (κ1) is 8.69. The van der Waals surface area contributed by atoms with Gasteiger partial charge >= 0.3 is 0 Å². The van der Waals surface area contributed by atoms with Crippen LogP contribution in [0.5, 0.6) is 0 Å². The minimum atomic E-state index is -0.0703. The molecule has 1 N–H and O–H groups in total. The Hall–Kier alpha value is -0.900. The molecule has 2 heterocycles. The van der Waals surface area contributed by atoms with Crippen molar-refractivity contribution < 1.29 is 9.59 Å². The third-order valence-electron chi connectivity index (χ3n) is 2.83. The molecule has 2 amide bonds. The zero-order valence-electron chi connectivity index (χ0n) is 7.75. The minimum Gasteiger partial charge on any atom is -0.315 e. The number of fused-ring (bicyclic) bond motifs is 1. The van der Waals surface area contributed by atoms with E-state index in [0.717, 1.165) is 6.42 Å². The van der Waals surface area contributed by atoms with Gasteiger partial charge in [0.15, 0.2) is 0 Å². The van der Waals surface area contributed by atoms with E-state index in [1.165, 1.54) is 4.90 Å². The van der Waals surface area contributed by atoms with Crippen molar-refractivity contribution in [2.45, 2.75) is 13.3 Å². The molecule has 72 valence electrons. The highest BCUT2D eigenvalue weighted by atomic mass is 16.2. The number of nitrogens with one attached hydrogen (secondary N) is 1. The highest BCUT2D eigenvalue weighted by Crippen LogP contribution is 2.28. The Balaban J connectivity index is 2.16. The van der Waals surface area contributed by atoms with E-state index in [4.69, 9.17) is 0 Å². The van der Waals surface area contributed by atoms with Gasteiger partial charge in [0.2, 0.25) is 11.8 Å². The van der Waals surface area contributed by atoms with Crippen molar-refractivity contribution >= 4 is 11.8 Å². The van der Waals surface area contributed by atoms with E-state index < -0.39 is 0 Å². The molecule has 0 spiro atoms. The molecule has 2 aliphatic heterocycles. The SMILES string of the molecule is CCCN1C(=O)[C@H]2CNC[C@@H]2C1=O. The predicted octanol–water partition coefficient (Wildman–Crippen LogP) is -0.399. The van der Waals surface area contributed by atoms with Gasteiger partial charge in [0.05, 0.1) is 11.8 Å². The molecule has 0 radical (unpaired) electrons. The van der Waals surface area contributed by atoms with Crippen LogP contribution in [0.2, 0.25) is 0 Å². The smallest absolute Gasteiger partial charge is 0.234 e. The molecule has 2 atom stereocenters. The average molecular weight is 182 g/mol. The Morgan fingerprint density at radius 2 is 1.85 bits per heavy atom. The Morgan fingerprint density at radius 1 is 1.31 bits per heavy atom. The number of imide groups is 1. The zero-order valence-corrected chi connectivity index (χ0v) is 7.75. The number of hydrogen-bond acceptors (Lipinski definition) is 3. The zero-order chi connectivity index (χ0) is 9.42. The van der Waals surface area contributed by atoms with Crippen molar-refractivity contribution in [3.8, 4) is 0 Å². The Morgan fingerprint density at radius 3 is 2.31 bits per heavy atom. The maximum Gasteiger partial charge on any atom is 0.234 e. The van der Waals surface area contributed by atoms with Gasteiger partial charge in [-0.3, -0.25) is 14.5 Å². The molecular formula is C9H14N2O2. The van der Waals surface area contributed by atoms with Crippen LogP contribution in [0, 0.1) is 11.8 Å². The summed E-state index contributed by atoms with van der Waals surface area (Å²) in [7, 11) is 0. The molecular weight excluding hydrogens is 168 g/mol. The molecule has 2 saturated heterocycles. The fraction of sp³-hybridized carbons (Fsp3) is 0.778. The quantitative estimate of drug-likeness (QED) is 0.591. The van der Waals surface area contributed by atoms with Crippen molar-refractivity contribution in [3.05, 3.63) is 0 Å². The molecule has 0 aromatic carbocycles. The first-order valence-corrected chi connectivity index (χ1v) is 4.81. The van der Waals surface area contributed by atoms with Gasteiger partial charge in [0.25, 0.3) is 0 Å². The fourth-order valence-electron chi connectivity index (χ4n) is 2.15. The number of nitrogens with zero attached hydrogens (tertiary/aromatic N) is 1. The van der Waals surface area contributed by atoms with E-state index in [0.29, 0.717) is 19.6 Å². The van der Waals surface area contributed by atoms with Gasteiger partial charge in [-0.25, -0.2) is 0 Å². The molecule has 0 aromatic heterocycles. The van der Waals surface area contributed by atoms with Crippen LogP contribution in [0.25, 0.3) is 0 Å². The second-order valence-electron chi connectivity index (χ2n) is 3.70. The molecule has 4 nitrogen and oxygen atoms in total. The molecule has 0 saturated carbocycles. The monoisotopic (exact) mass is 182 g/mol. The van der Waals surface area contributed by atoms with Gasteiger partial charge in [-0.05, 0) is 6.42 Å². The van der Waals surface area contributed by atoms with E-state index in [-0.39, 0.29) is 23.7 Å². The van der Waals surface area contributed by atoms with Crippen LogP contribution in [-0.4, -0.2) is 36.3 Å². The Kier molecular flexibility index (Phi) is 2.07. The van der Waals surface area contributed by atoms with Crippen molar-refractivity contribution in [1.29, 1.82) is 0 Å². The fourth-order valence-corrected chi connectivity index (χ4v) is 2.15. The van der Waals surface area contributed by atoms with Crippen LogP contribution in [0.4, 0.5) is 0 Å². The molecule has 4 heteroatoms. The molecule has 0 unspecified atom stereocenters. The van der Waals surface area contributed by atoms with E-state index in [9.17, 15) is 9.59 Å². The van der Waals surface area contributed by atoms with Crippen molar-refractivity contribution in [3.63, 3.8) is 0 Å². The van der Waals surface area contributed by atoms with Crippen LogP contribution in [0.3, 0.4) is 0 Å². The summed E-state index contributed by atoms with van der Waals surface area (Å²) >= 11 is 0. The summed E-state index contributed by atoms with van der Waals surface area (Å²) in [5.74, 6) is -0.0817. The number of hydrogen-bond donors (Lipinski definition) is 1. The lowest BCUT2D eigenvalue weighted by molar-refractivity contribution is -0.140. The minimum absolute atomic E-state index is 0.0295. The average Bonchev–Trinajstić information content (AvgIpc) is 2.66. The Labute approximate surface area is 77.3 Å². The molecule has 13 heavy (non-hydrogen) atoms. The number of rotatable bonds is 2. The second kappa shape index (κ2) is 3.10. The van der Waals surface area contributed by atoms with Crippen LogP contribution in [0.1, 0.15) is 13.3 Å². The first-order valence-electron chi connectivity index (χ1n) is 4.81. The molecule has 0 aromatic rings. The summed E-state index contributed by atoms with van der Waals surface area (Å²) in [5.41, 5.74) is 0. The van der Waals surface area contributed by atoms with Crippen molar-refractivity contribution in [2.75, 3.05) is 19.6 Å². The van der Waals surface area contributed by atoms with Gasteiger partial charge in [-0.1, -0.05) is 6.92 Å². The number of amides is 2. The van der Waals surface area contributed by atoms with Gasteiger partial charge in [0, 0.05) is 19.6 Å². The molecule has 0 bridgehead atoms. The second-order valence-corrected chi connectivity index (χ2v) is 3.70. The molecule has 0 aliphatic carbocycles. The summed E-state index contributed by atoms with van der Waals surface area (Å²) in [5, 5.41) is 3.08. The third-order valence-corrected chi connectivity index (χ3v) is 2.83. The number of likely N-dealkylation sites (tertiary alicyclic amines) is 1. The maximum atomic E-state index is 11.7. The summed E-state index contributed by atoms with van der Waals surface area (Å²) in [6.45, 7) is 3.92. The van der Waals surface area contributed by atoms with E-state index in [1.54, 1.807) is 0 Å². The van der Waals surface area contributed by atoms with Gasteiger partial charge < -0.3 is 5.32 Å². The van der Waals surface area contributed by atoms with E-state index >= 15 is 0 Å². The normalized spacial score (nSPS) is 32.8. The van der Waals surface area contributed by atoms with Crippen molar-refractivity contribution in [1.82, 2.24) is 10.2 Å². The highest BCUT2D eigenvalue weighted by molar-refractivity contribution is 6.05. The lowest BCUT2D eigenvalue weighted by Gasteiger charge is -2.14. The maximum absolute atomic E-state index is 11.7. The van der Waals surface area contributed by atoms with Crippen LogP contribution in [0.15, 0.2) is 0 Å². The first-order chi connectivity index (χ1) is 6.25. The standard InChI is InChI=1S/C9H14N2O2/c1-2-3-11-8(12)6-4-10-5-7(6)9(11)13/h6-7,10H,2-5H2,1H3/t6-,7-/m0/s1.